The Hall–Kier alpha value is -1.81. The van der Waals surface area contributed by atoms with E-state index in [2.05, 4.69) is 35.9 Å². The van der Waals surface area contributed by atoms with Gasteiger partial charge in [0.2, 0.25) is 0 Å². The second kappa shape index (κ2) is 6.09. The quantitative estimate of drug-likeness (QED) is 0.850. The van der Waals surface area contributed by atoms with E-state index in [0.717, 1.165) is 12.0 Å². The van der Waals surface area contributed by atoms with Crippen molar-refractivity contribution < 1.29 is 9.53 Å². The number of aromatic nitrogens is 1. The molecule has 2 rings (SSSR count). The number of esters is 1. The van der Waals surface area contributed by atoms with Crippen LogP contribution in [-0.4, -0.2) is 23.2 Å². The highest BCUT2D eigenvalue weighted by Crippen LogP contribution is 2.25. The zero-order chi connectivity index (χ0) is 14.7. The van der Waals surface area contributed by atoms with E-state index in [1.165, 1.54) is 16.5 Å². The summed E-state index contributed by atoms with van der Waals surface area (Å²) >= 11 is 0. The molecule has 4 heteroatoms. The minimum atomic E-state index is -0.606. The molecule has 1 aromatic heterocycles. The van der Waals surface area contributed by atoms with Crippen LogP contribution in [0.1, 0.15) is 25.0 Å². The van der Waals surface area contributed by atoms with Crippen LogP contribution in [-0.2, 0) is 29.4 Å². The van der Waals surface area contributed by atoms with E-state index in [1.807, 2.05) is 7.05 Å². The molecule has 0 bridgehead atoms. The average molecular weight is 274 g/mol. The van der Waals surface area contributed by atoms with Crippen LogP contribution in [0.25, 0.3) is 10.9 Å². The summed E-state index contributed by atoms with van der Waals surface area (Å²) in [6.45, 7) is 4.30. The van der Waals surface area contributed by atoms with E-state index < -0.39 is 6.04 Å². The Labute approximate surface area is 119 Å². The number of carbonyl (C=O) groups excluding carboxylic acids is 1. The highest BCUT2D eigenvalue weighted by atomic mass is 16.5. The third kappa shape index (κ3) is 2.70. The van der Waals surface area contributed by atoms with Gasteiger partial charge < -0.3 is 15.0 Å². The Morgan fingerprint density at radius 2 is 2.10 bits per heavy atom. The standard InChI is InChI=1S/C16H22N2O2/c1-4-11-7-6-8-13-12(10-18(3)15(11)13)9-14(17)16(19)20-5-2/h6-8,10,14H,4-5,9,17H2,1-3H3. The van der Waals surface area contributed by atoms with Gasteiger partial charge in [-0.2, -0.15) is 0 Å². The van der Waals surface area contributed by atoms with Crippen molar-refractivity contribution in [3.05, 3.63) is 35.5 Å². The molecule has 0 spiro atoms. The van der Waals surface area contributed by atoms with Crippen LogP contribution in [0, 0.1) is 0 Å². The molecule has 1 atom stereocenters. The maximum Gasteiger partial charge on any atom is 0.323 e. The molecule has 0 fully saturated rings. The number of para-hydroxylation sites is 1. The van der Waals surface area contributed by atoms with Crippen molar-refractivity contribution in [1.82, 2.24) is 4.57 Å². The fourth-order valence-corrected chi connectivity index (χ4v) is 2.65. The Balaban J connectivity index is 2.34. The highest BCUT2D eigenvalue weighted by molar-refractivity contribution is 5.87. The van der Waals surface area contributed by atoms with Crippen molar-refractivity contribution in [2.75, 3.05) is 6.61 Å². The molecule has 1 heterocycles. The molecule has 0 aliphatic carbocycles. The second-order valence-corrected chi connectivity index (χ2v) is 4.99. The Kier molecular flexibility index (Phi) is 4.45. The molecule has 0 aliphatic heterocycles. The Bertz CT molecular complexity index is 616. The number of nitrogens with zero attached hydrogens (tertiary/aromatic N) is 1. The molecule has 2 aromatic rings. The number of benzene rings is 1. The molecule has 0 saturated carbocycles. The van der Waals surface area contributed by atoms with E-state index in [-0.39, 0.29) is 5.97 Å². The van der Waals surface area contributed by atoms with Crippen LogP contribution in [0.15, 0.2) is 24.4 Å². The monoisotopic (exact) mass is 274 g/mol. The summed E-state index contributed by atoms with van der Waals surface area (Å²) in [5, 5.41) is 1.17. The summed E-state index contributed by atoms with van der Waals surface area (Å²) in [6, 6.07) is 5.67. The van der Waals surface area contributed by atoms with E-state index in [1.54, 1.807) is 6.92 Å². The van der Waals surface area contributed by atoms with Gasteiger partial charge in [0.15, 0.2) is 0 Å². The molecular weight excluding hydrogens is 252 g/mol. The van der Waals surface area contributed by atoms with Gasteiger partial charge in [-0.25, -0.2) is 0 Å². The van der Waals surface area contributed by atoms with Crippen molar-refractivity contribution in [1.29, 1.82) is 0 Å². The van der Waals surface area contributed by atoms with Crippen molar-refractivity contribution in [3.63, 3.8) is 0 Å². The zero-order valence-electron chi connectivity index (χ0n) is 12.3. The number of carbonyl (C=O) groups is 1. The van der Waals surface area contributed by atoms with Gasteiger partial charge in [0, 0.05) is 25.1 Å². The molecule has 1 unspecified atom stereocenters. The predicted octanol–water partition coefficient (Wildman–Crippen LogP) is 2.17. The first-order valence-corrected chi connectivity index (χ1v) is 7.06. The summed E-state index contributed by atoms with van der Waals surface area (Å²) in [5.41, 5.74) is 9.55. The largest absolute Gasteiger partial charge is 0.465 e. The average Bonchev–Trinajstić information content (AvgIpc) is 2.76. The lowest BCUT2D eigenvalue weighted by molar-refractivity contribution is -0.144. The van der Waals surface area contributed by atoms with Gasteiger partial charge in [0.05, 0.1) is 12.1 Å². The molecule has 0 aliphatic rings. The summed E-state index contributed by atoms with van der Waals surface area (Å²) in [4.78, 5) is 11.7. The van der Waals surface area contributed by atoms with Crippen molar-refractivity contribution >= 4 is 16.9 Å². The lowest BCUT2D eigenvalue weighted by atomic mass is 10.0. The van der Waals surface area contributed by atoms with Crippen LogP contribution in [0.2, 0.25) is 0 Å². The predicted molar refractivity (Wildman–Crippen MR) is 80.6 cm³/mol. The molecular formula is C16H22N2O2. The molecule has 0 saturated heterocycles. The molecule has 4 nitrogen and oxygen atoms in total. The van der Waals surface area contributed by atoms with Crippen LogP contribution >= 0.6 is 0 Å². The number of fused-ring (bicyclic) bond motifs is 1. The number of rotatable bonds is 5. The van der Waals surface area contributed by atoms with Gasteiger partial charge in [0.1, 0.15) is 6.04 Å². The fraction of sp³-hybridized carbons (Fsp3) is 0.438. The summed E-state index contributed by atoms with van der Waals surface area (Å²) in [7, 11) is 2.03. The summed E-state index contributed by atoms with van der Waals surface area (Å²) in [6.07, 6.45) is 3.55. The van der Waals surface area contributed by atoms with Gasteiger partial charge in [-0.05, 0) is 24.5 Å². The molecule has 2 N–H and O–H groups in total. The number of aryl methyl sites for hydroxylation is 2. The Morgan fingerprint density at radius 3 is 2.75 bits per heavy atom. The van der Waals surface area contributed by atoms with E-state index in [0.29, 0.717) is 13.0 Å². The maximum atomic E-state index is 11.7. The number of ether oxygens (including phenoxy) is 1. The first-order chi connectivity index (χ1) is 9.58. The summed E-state index contributed by atoms with van der Waals surface area (Å²) < 4.78 is 7.08. The number of nitrogens with two attached hydrogens (primary N) is 1. The number of hydrogen-bond donors (Lipinski definition) is 1. The first-order valence-electron chi connectivity index (χ1n) is 7.06. The molecule has 0 amide bonds. The van der Waals surface area contributed by atoms with E-state index in [9.17, 15) is 4.79 Å². The van der Waals surface area contributed by atoms with E-state index in [4.69, 9.17) is 10.5 Å². The smallest absolute Gasteiger partial charge is 0.323 e. The molecule has 108 valence electrons. The number of hydrogen-bond acceptors (Lipinski definition) is 3. The lowest BCUT2D eigenvalue weighted by Gasteiger charge is -2.09. The SMILES string of the molecule is CCOC(=O)C(N)Cc1cn(C)c2c(CC)cccc12. The lowest BCUT2D eigenvalue weighted by Crippen LogP contribution is -2.34. The van der Waals surface area contributed by atoms with Gasteiger partial charge in [0.25, 0.3) is 0 Å². The highest BCUT2D eigenvalue weighted by Gasteiger charge is 2.18. The molecule has 20 heavy (non-hydrogen) atoms. The van der Waals surface area contributed by atoms with Crippen LogP contribution in [0.4, 0.5) is 0 Å². The van der Waals surface area contributed by atoms with Crippen molar-refractivity contribution in [2.45, 2.75) is 32.7 Å². The topological polar surface area (TPSA) is 57.2 Å². The van der Waals surface area contributed by atoms with E-state index >= 15 is 0 Å². The van der Waals surface area contributed by atoms with Crippen LogP contribution in [0.3, 0.4) is 0 Å². The molecule has 0 radical (unpaired) electrons. The van der Waals surface area contributed by atoms with Gasteiger partial charge in [-0.1, -0.05) is 25.1 Å². The third-order valence-corrected chi connectivity index (χ3v) is 3.58. The van der Waals surface area contributed by atoms with Crippen molar-refractivity contribution in [3.8, 4) is 0 Å². The van der Waals surface area contributed by atoms with Crippen LogP contribution < -0.4 is 5.73 Å². The van der Waals surface area contributed by atoms with Crippen molar-refractivity contribution in [2.24, 2.45) is 12.8 Å². The third-order valence-electron chi connectivity index (χ3n) is 3.58. The maximum absolute atomic E-state index is 11.7. The van der Waals surface area contributed by atoms with Crippen LogP contribution in [0.5, 0.6) is 0 Å². The zero-order valence-corrected chi connectivity index (χ0v) is 12.3. The molecule has 1 aromatic carbocycles. The Morgan fingerprint density at radius 1 is 1.35 bits per heavy atom. The summed E-state index contributed by atoms with van der Waals surface area (Å²) in [5.74, 6) is -0.337. The van der Waals surface area contributed by atoms with Gasteiger partial charge in [-0.3, -0.25) is 4.79 Å². The minimum Gasteiger partial charge on any atom is -0.465 e. The normalized spacial score (nSPS) is 12.6. The second-order valence-electron chi connectivity index (χ2n) is 4.99. The first kappa shape index (κ1) is 14.6. The van der Waals surface area contributed by atoms with Gasteiger partial charge >= 0.3 is 5.97 Å². The fourth-order valence-electron chi connectivity index (χ4n) is 2.65. The minimum absolute atomic E-state index is 0.337. The van der Waals surface area contributed by atoms with Gasteiger partial charge in [-0.15, -0.1) is 0 Å².